The van der Waals surface area contributed by atoms with Crippen LogP contribution in [0.1, 0.15) is 18.1 Å². The molecule has 1 aliphatic rings. The Hall–Kier alpha value is -2.86. The maximum atomic E-state index is 12.8. The molecule has 6 nitrogen and oxygen atoms in total. The Balaban J connectivity index is 1.64. The molecule has 2 aromatic carbocycles. The molecule has 1 heterocycles. The molecular formula is C21H24N2O4. The molecule has 1 amide bonds. The van der Waals surface area contributed by atoms with Gasteiger partial charge in [-0.1, -0.05) is 24.3 Å². The molecule has 0 radical (unpaired) electrons. The lowest BCUT2D eigenvalue weighted by Gasteiger charge is -2.39. The van der Waals surface area contributed by atoms with Gasteiger partial charge in [0.05, 0.1) is 19.6 Å². The van der Waals surface area contributed by atoms with Crippen molar-refractivity contribution >= 4 is 17.6 Å². The van der Waals surface area contributed by atoms with Crippen molar-refractivity contribution in [1.29, 1.82) is 0 Å². The van der Waals surface area contributed by atoms with Crippen LogP contribution in [0.15, 0.2) is 48.5 Å². The van der Waals surface area contributed by atoms with Gasteiger partial charge in [0.1, 0.15) is 5.75 Å². The molecule has 0 aliphatic carbocycles. The highest BCUT2D eigenvalue weighted by Crippen LogP contribution is 2.24. The van der Waals surface area contributed by atoms with Crippen molar-refractivity contribution in [2.45, 2.75) is 25.9 Å². The summed E-state index contributed by atoms with van der Waals surface area (Å²) < 4.78 is 5.17. The number of ether oxygens (including phenoxy) is 1. The van der Waals surface area contributed by atoms with Gasteiger partial charge in [-0.05, 0) is 42.3 Å². The molecule has 1 unspecified atom stereocenters. The third-order valence-corrected chi connectivity index (χ3v) is 4.93. The first-order chi connectivity index (χ1) is 13.0. The third-order valence-electron chi connectivity index (χ3n) is 4.93. The average Bonchev–Trinajstić information content (AvgIpc) is 2.67. The number of carboxylic acids is 1. The molecule has 6 heteroatoms. The summed E-state index contributed by atoms with van der Waals surface area (Å²) in [5, 5.41) is 8.85. The van der Waals surface area contributed by atoms with E-state index in [1.54, 1.807) is 7.11 Å². The van der Waals surface area contributed by atoms with Gasteiger partial charge >= 0.3 is 5.97 Å². The molecule has 1 saturated heterocycles. The summed E-state index contributed by atoms with van der Waals surface area (Å²) in [6.45, 7) is 4.00. The molecule has 0 saturated carbocycles. The first kappa shape index (κ1) is 18.9. The third kappa shape index (κ3) is 4.46. The van der Waals surface area contributed by atoms with E-state index in [0.717, 1.165) is 29.1 Å². The highest BCUT2D eigenvalue weighted by atomic mass is 16.5. The van der Waals surface area contributed by atoms with Crippen molar-refractivity contribution in [1.82, 2.24) is 4.90 Å². The molecule has 2 aromatic rings. The zero-order valence-electron chi connectivity index (χ0n) is 15.6. The highest BCUT2D eigenvalue weighted by molar-refractivity contribution is 5.97. The Morgan fingerprint density at radius 3 is 2.30 bits per heavy atom. The van der Waals surface area contributed by atoms with Crippen LogP contribution in [-0.4, -0.2) is 48.1 Å². The molecule has 142 valence electrons. The van der Waals surface area contributed by atoms with E-state index in [2.05, 4.69) is 4.90 Å². The standard InChI is InChI=1S/C21H24N2O4/c1-15-21(26)23(18-7-9-19(27-2)10-8-18)12-11-22(15)14-17-5-3-16(4-6-17)13-20(24)25/h3-10,15H,11-14H2,1-2H3,(H,24,25). The van der Waals surface area contributed by atoms with Gasteiger partial charge in [-0.15, -0.1) is 0 Å². The number of nitrogens with zero attached hydrogens (tertiary/aromatic N) is 2. The minimum absolute atomic E-state index is 0.0235. The van der Waals surface area contributed by atoms with Gasteiger partial charge in [0.15, 0.2) is 0 Å². The number of hydrogen-bond donors (Lipinski definition) is 1. The van der Waals surface area contributed by atoms with Crippen molar-refractivity contribution in [3.8, 4) is 5.75 Å². The fourth-order valence-electron chi connectivity index (χ4n) is 3.32. The van der Waals surface area contributed by atoms with Crippen molar-refractivity contribution in [2.75, 3.05) is 25.1 Å². The molecular weight excluding hydrogens is 344 g/mol. The predicted molar refractivity (Wildman–Crippen MR) is 103 cm³/mol. The fourth-order valence-corrected chi connectivity index (χ4v) is 3.32. The SMILES string of the molecule is COc1ccc(N2CCN(Cc3ccc(CC(=O)O)cc3)C(C)C2=O)cc1. The molecule has 1 aliphatic heterocycles. The van der Waals surface area contributed by atoms with E-state index in [0.29, 0.717) is 13.1 Å². The second kappa shape index (κ2) is 8.22. The van der Waals surface area contributed by atoms with Gasteiger partial charge in [-0.25, -0.2) is 0 Å². The second-order valence-electron chi connectivity index (χ2n) is 6.72. The number of amides is 1. The number of piperazine rings is 1. The van der Waals surface area contributed by atoms with Gasteiger partial charge in [0.25, 0.3) is 0 Å². The van der Waals surface area contributed by atoms with Gasteiger partial charge in [0.2, 0.25) is 5.91 Å². The Kier molecular flexibility index (Phi) is 5.76. The number of carbonyl (C=O) groups is 2. The van der Waals surface area contributed by atoms with Crippen molar-refractivity contribution in [2.24, 2.45) is 0 Å². The summed E-state index contributed by atoms with van der Waals surface area (Å²) in [7, 11) is 1.62. The summed E-state index contributed by atoms with van der Waals surface area (Å²) in [5.74, 6) is 0.00904. The fraction of sp³-hybridized carbons (Fsp3) is 0.333. The lowest BCUT2D eigenvalue weighted by Crippen LogP contribution is -2.55. The van der Waals surface area contributed by atoms with Crippen molar-refractivity contribution in [3.63, 3.8) is 0 Å². The Labute approximate surface area is 159 Å². The lowest BCUT2D eigenvalue weighted by molar-refractivity contribution is -0.136. The van der Waals surface area contributed by atoms with E-state index in [1.165, 1.54) is 0 Å². The first-order valence-electron chi connectivity index (χ1n) is 8.97. The van der Waals surface area contributed by atoms with Crippen LogP contribution in [0.2, 0.25) is 0 Å². The van der Waals surface area contributed by atoms with Crippen LogP contribution in [0.25, 0.3) is 0 Å². The summed E-state index contributed by atoms with van der Waals surface area (Å²) in [4.78, 5) is 27.6. The number of carboxylic acid groups (broad SMARTS) is 1. The second-order valence-corrected chi connectivity index (χ2v) is 6.72. The van der Waals surface area contributed by atoms with E-state index in [4.69, 9.17) is 9.84 Å². The van der Waals surface area contributed by atoms with E-state index in [1.807, 2.05) is 60.4 Å². The minimum atomic E-state index is -0.836. The number of aliphatic carboxylic acids is 1. The normalized spacial score (nSPS) is 17.8. The topological polar surface area (TPSA) is 70.1 Å². The number of rotatable bonds is 6. The van der Waals surface area contributed by atoms with E-state index >= 15 is 0 Å². The van der Waals surface area contributed by atoms with Crippen LogP contribution in [0.5, 0.6) is 5.75 Å². The quantitative estimate of drug-likeness (QED) is 0.849. The summed E-state index contributed by atoms with van der Waals surface area (Å²) in [5.41, 5.74) is 2.73. The zero-order valence-corrected chi connectivity index (χ0v) is 15.6. The Bertz CT molecular complexity index is 802. The zero-order chi connectivity index (χ0) is 19.4. The minimum Gasteiger partial charge on any atom is -0.497 e. The van der Waals surface area contributed by atoms with Gasteiger partial charge < -0.3 is 14.7 Å². The van der Waals surface area contributed by atoms with Gasteiger partial charge in [-0.2, -0.15) is 0 Å². The monoisotopic (exact) mass is 368 g/mol. The Morgan fingerprint density at radius 1 is 1.07 bits per heavy atom. The van der Waals surface area contributed by atoms with Crippen LogP contribution < -0.4 is 9.64 Å². The van der Waals surface area contributed by atoms with E-state index < -0.39 is 5.97 Å². The van der Waals surface area contributed by atoms with Crippen LogP contribution >= 0.6 is 0 Å². The molecule has 1 fully saturated rings. The largest absolute Gasteiger partial charge is 0.497 e. The van der Waals surface area contributed by atoms with Crippen LogP contribution in [0.3, 0.4) is 0 Å². The average molecular weight is 368 g/mol. The first-order valence-corrected chi connectivity index (χ1v) is 8.97. The molecule has 0 bridgehead atoms. The molecule has 1 atom stereocenters. The number of methoxy groups -OCH3 is 1. The number of anilines is 1. The van der Waals surface area contributed by atoms with Crippen LogP contribution in [0, 0.1) is 0 Å². The summed E-state index contributed by atoms with van der Waals surface area (Å²) in [6.07, 6.45) is 0.0235. The number of hydrogen-bond acceptors (Lipinski definition) is 4. The number of carbonyl (C=O) groups excluding carboxylic acids is 1. The van der Waals surface area contributed by atoms with Crippen LogP contribution in [0.4, 0.5) is 5.69 Å². The summed E-state index contributed by atoms with van der Waals surface area (Å²) >= 11 is 0. The smallest absolute Gasteiger partial charge is 0.307 e. The van der Waals surface area contributed by atoms with Crippen molar-refractivity contribution < 1.29 is 19.4 Å². The Morgan fingerprint density at radius 2 is 1.70 bits per heavy atom. The molecule has 3 rings (SSSR count). The molecule has 1 N–H and O–H groups in total. The van der Waals surface area contributed by atoms with Crippen LogP contribution in [-0.2, 0) is 22.6 Å². The molecule has 27 heavy (non-hydrogen) atoms. The maximum absolute atomic E-state index is 12.8. The predicted octanol–water partition coefficient (Wildman–Crippen LogP) is 2.56. The molecule has 0 aromatic heterocycles. The maximum Gasteiger partial charge on any atom is 0.307 e. The van der Waals surface area contributed by atoms with E-state index in [9.17, 15) is 9.59 Å². The summed E-state index contributed by atoms with van der Waals surface area (Å²) in [6, 6.07) is 14.8. The van der Waals surface area contributed by atoms with Crippen molar-refractivity contribution in [3.05, 3.63) is 59.7 Å². The van der Waals surface area contributed by atoms with Gasteiger partial charge in [0, 0.05) is 25.3 Å². The van der Waals surface area contributed by atoms with E-state index in [-0.39, 0.29) is 18.4 Å². The highest BCUT2D eigenvalue weighted by Gasteiger charge is 2.32. The van der Waals surface area contributed by atoms with Gasteiger partial charge in [-0.3, -0.25) is 14.5 Å². The number of benzene rings is 2. The lowest BCUT2D eigenvalue weighted by atomic mass is 10.1. The molecule has 0 spiro atoms.